The van der Waals surface area contributed by atoms with Crippen molar-refractivity contribution < 1.29 is 19.0 Å². The lowest BCUT2D eigenvalue weighted by Gasteiger charge is -2.35. The highest BCUT2D eigenvalue weighted by Crippen LogP contribution is 2.39. The first-order valence-electron chi connectivity index (χ1n) is 8.47. The second kappa shape index (κ2) is 8.66. The fraction of sp³-hybridized carbons (Fsp3) is 0.611. The Balaban J connectivity index is 2.06. The first-order valence-corrected chi connectivity index (χ1v) is 8.47. The number of benzene rings is 1. The van der Waals surface area contributed by atoms with E-state index in [9.17, 15) is 4.79 Å². The molecule has 0 radical (unpaired) electrons. The molecule has 1 atom stereocenters. The number of nitrogens with one attached hydrogen (secondary N) is 1. The molecule has 1 saturated heterocycles. The predicted octanol–water partition coefficient (Wildman–Crippen LogP) is 2.92. The van der Waals surface area contributed by atoms with Gasteiger partial charge in [0.1, 0.15) is 0 Å². The van der Waals surface area contributed by atoms with Gasteiger partial charge in [0.25, 0.3) is 0 Å². The standard InChI is InChI=1S/C18H28N2O4/c1-5-14-8-6-7-9-20(14)17(21)12-19-13-10-15(22-2)18(24-4)16(11-13)23-3/h10-11,14,19H,5-9,12H2,1-4H3. The lowest BCUT2D eigenvalue weighted by atomic mass is 10.00. The number of amides is 1. The van der Waals surface area contributed by atoms with E-state index in [1.807, 2.05) is 17.0 Å². The van der Waals surface area contributed by atoms with Gasteiger partial charge in [0.15, 0.2) is 11.5 Å². The van der Waals surface area contributed by atoms with E-state index in [4.69, 9.17) is 14.2 Å². The van der Waals surface area contributed by atoms with Crippen LogP contribution in [0.2, 0.25) is 0 Å². The van der Waals surface area contributed by atoms with Crippen LogP contribution in [0.3, 0.4) is 0 Å². The van der Waals surface area contributed by atoms with Crippen molar-refractivity contribution in [2.75, 3.05) is 39.7 Å². The van der Waals surface area contributed by atoms with Crippen molar-refractivity contribution in [1.29, 1.82) is 0 Å². The van der Waals surface area contributed by atoms with Gasteiger partial charge in [-0.3, -0.25) is 4.79 Å². The van der Waals surface area contributed by atoms with Crippen molar-refractivity contribution in [1.82, 2.24) is 4.90 Å². The van der Waals surface area contributed by atoms with Crippen LogP contribution in [0, 0.1) is 0 Å². The monoisotopic (exact) mass is 336 g/mol. The summed E-state index contributed by atoms with van der Waals surface area (Å²) < 4.78 is 16.0. The average Bonchev–Trinajstić information content (AvgIpc) is 2.64. The number of anilines is 1. The third-order valence-electron chi connectivity index (χ3n) is 4.53. The van der Waals surface area contributed by atoms with E-state index in [0.29, 0.717) is 23.3 Å². The molecule has 6 nitrogen and oxygen atoms in total. The van der Waals surface area contributed by atoms with E-state index >= 15 is 0 Å². The highest BCUT2D eigenvalue weighted by atomic mass is 16.5. The van der Waals surface area contributed by atoms with Gasteiger partial charge in [0, 0.05) is 30.4 Å². The van der Waals surface area contributed by atoms with Gasteiger partial charge in [-0.15, -0.1) is 0 Å². The molecule has 1 amide bonds. The van der Waals surface area contributed by atoms with Crippen molar-refractivity contribution in [3.8, 4) is 17.2 Å². The molecule has 1 aliphatic heterocycles. The van der Waals surface area contributed by atoms with Gasteiger partial charge < -0.3 is 24.4 Å². The fourth-order valence-corrected chi connectivity index (χ4v) is 3.22. The number of nitrogens with zero attached hydrogens (tertiary/aromatic N) is 1. The zero-order valence-corrected chi connectivity index (χ0v) is 15.1. The van der Waals surface area contributed by atoms with E-state index in [-0.39, 0.29) is 12.5 Å². The van der Waals surface area contributed by atoms with Gasteiger partial charge in [-0.05, 0) is 25.7 Å². The maximum Gasteiger partial charge on any atom is 0.242 e. The van der Waals surface area contributed by atoms with Crippen LogP contribution < -0.4 is 19.5 Å². The zero-order valence-electron chi connectivity index (χ0n) is 15.1. The van der Waals surface area contributed by atoms with Crippen LogP contribution in [0.15, 0.2) is 12.1 Å². The molecule has 0 aromatic heterocycles. The van der Waals surface area contributed by atoms with Crippen molar-refractivity contribution in [2.24, 2.45) is 0 Å². The Morgan fingerprint density at radius 1 is 1.17 bits per heavy atom. The molecule has 2 rings (SSSR count). The van der Waals surface area contributed by atoms with Crippen LogP contribution in [0.25, 0.3) is 0 Å². The number of hydrogen-bond acceptors (Lipinski definition) is 5. The molecule has 1 unspecified atom stereocenters. The van der Waals surface area contributed by atoms with E-state index in [1.165, 1.54) is 6.42 Å². The number of carbonyl (C=O) groups excluding carboxylic acids is 1. The van der Waals surface area contributed by atoms with Gasteiger partial charge in [0.2, 0.25) is 11.7 Å². The van der Waals surface area contributed by atoms with Crippen LogP contribution in [0.5, 0.6) is 17.2 Å². The molecule has 1 N–H and O–H groups in total. The summed E-state index contributed by atoms with van der Waals surface area (Å²) in [6.07, 6.45) is 4.41. The number of likely N-dealkylation sites (tertiary alicyclic amines) is 1. The number of methoxy groups -OCH3 is 3. The molecule has 1 aliphatic rings. The van der Waals surface area contributed by atoms with Crippen molar-refractivity contribution in [3.05, 3.63) is 12.1 Å². The quantitative estimate of drug-likeness (QED) is 0.829. The van der Waals surface area contributed by atoms with E-state index in [1.54, 1.807) is 21.3 Å². The van der Waals surface area contributed by atoms with Gasteiger partial charge in [0.05, 0.1) is 27.9 Å². The Morgan fingerprint density at radius 3 is 2.38 bits per heavy atom. The van der Waals surface area contributed by atoms with Gasteiger partial charge >= 0.3 is 0 Å². The van der Waals surface area contributed by atoms with Gasteiger partial charge in [-0.2, -0.15) is 0 Å². The Hall–Kier alpha value is -2.11. The third-order valence-corrected chi connectivity index (χ3v) is 4.53. The molecular formula is C18H28N2O4. The summed E-state index contributed by atoms with van der Waals surface area (Å²) in [4.78, 5) is 14.6. The molecule has 1 aromatic carbocycles. The summed E-state index contributed by atoms with van der Waals surface area (Å²) in [5, 5.41) is 3.18. The number of hydrogen-bond donors (Lipinski definition) is 1. The number of piperidine rings is 1. The summed E-state index contributed by atoms with van der Waals surface area (Å²) >= 11 is 0. The lowest BCUT2D eigenvalue weighted by molar-refractivity contribution is -0.133. The molecule has 1 heterocycles. The average molecular weight is 336 g/mol. The zero-order chi connectivity index (χ0) is 17.5. The van der Waals surface area contributed by atoms with E-state index in [2.05, 4.69) is 12.2 Å². The molecule has 6 heteroatoms. The maximum absolute atomic E-state index is 12.5. The van der Waals surface area contributed by atoms with Crippen LogP contribution in [0.1, 0.15) is 32.6 Å². The molecule has 0 bridgehead atoms. The molecule has 24 heavy (non-hydrogen) atoms. The van der Waals surface area contributed by atoms with Gasteiger partial charge in [-0.1, -0.05) is 6.92 Å². The second-order valence-electron chi connectivity index (χ2n) is 5.91. The normalized spacial score (nSPS) is 17.3. The first-order chi connectivity index (χ1) is 11.6. The molecule has 0 aliphatic carbocycles. The van der Waals surface area contributed by atoms with Crippen molar-refractivity contribution in [3.63, 3.8) is 0 Å². The third kappa shape index (κ3) is 4.04. The minimum Gasteiger partial charge on any atom is -0.493 e. The Bertz CT molecular complexity index is 537. The van der Waals surface area contributed by atoms with Crippen LogP contribution >= 0.6 is 0 Å². The summed E-state index contributed by atoms with van der Waals surface area (Å²) in [6.45, 7) is 3.26. The van der Waals surface area contributed by atoms with Crippen LogP contribution in [-0.2, 0) is 4.79 Å². The number of ether oxygens (including phenoxy) is 3. The highest BCUT2D eigenvalue weighted by molar-refractivity contribution is 5.81. The number of rotatable bonds is 7. The Kier molecular flexibility index (Phi) is 6.58. The Morgan fingerprint density at radius 2 is 1.83 bits per heavy atom. The highest BCUT2D eigenvalue weighted by Gasteiger charge is 2.25. The SMILES string of the molecule is CCC1CCCCN1C(=O)CNc1cc(OC)c(OC)c(OC)c1. The maximum atomic E-state index is 12.5. The topological polar surface area (TPSA) is 60.0 Å². The lowest BCUT2D eigenvalue weighted by Crippen LogP contribution is -2.45. The molecule has 1 fully saturated rings. The van der Waals surface area contributed by atoms with Crippen molar-refractivity contribution >= 4 is 11.6 Å². The molecule has 0 saturated carbocycles. The molecule has 0 spiro atoms. The Labute approximate surface area is 144 Å². The molecular weight excluding hydrogens is 308 g/mol. The minimum atomic E-state index is 0.135. The summed E-state index contributed by atoms with van der Waals surface area (Å²) in [6, 6.07) is 3.98. The second-order valence-corrected chi connectivity index (χ2v) is 5.91. The molecule has 134 valence electrons. The summed E-state index contributed by atoms with van der Waals surface area (Å²) in [5.74, 6) is 1.81. The van der Waals surface area contributed by atoms with Gasteiger partial charge in [-0.25, -0.2) is 0 Å². The van der Waals surface area contributed by atoms with Crippen molar-refractivity contribution in [2.45, 2.75) is 38.6 Å². The van der Waals surface area contributed by atoms with E-state index < -0.39 is 0 Å². The predicted molar refractivity (Wildman–Crippen MR) is 94.2 cm³/mol. The summed E-state index contributed by atoms with van der Waals surface area (Å²) in [7, 11) is 4.72. The fourth-order valence-electron chi connectivity index (χ4n) is 3.22. The smallest absolute Gasteiger partial charge is 0.242 e. The minimum absolute atomic E-state index is 0.135. The van der Waals surface area contributed by atoms with Crippen LogP contribution in [-0.4, -0.2) is 51.3 Å². The first kappa shape index (κ1) is 18.2. The van der Waals surface area contributed by atoms with E-state index in [0.717, 1.165) is 31.5 Å². The number of carbonyl (C=O) groups is 1. The summed E-state index contributed by atoms with van der Waals surface area (Å²) in [5.41, 5.74) is 0.767. The molecule has 1 aromatic rings. The van der Waals surface area contributed by atoms with Crippen LogP contribution in [0.4, 0.5) is 5.69 Å². The largest absolute Gasteiger partial charge is 0.493 e.